The summed E-state index contributed by atoms with van der Waals surface area (Å²) in [4.78, 5) is 15.3. The van der Waals surface area contributed by atoms with Gasteiger partial charge in [-0.1, -0.05) is 36.8 Å². The van der Waals surface area contributed by atoms with Crippen molar-refractivity contribution in [2.24, 2.45) is 0 Å². The SMILES string of the molecule is Cc1ccc2c(c1)N(S(C)(=O)=O)C[C@H](C(=O)NCc1cccc(CN3CCCCC3)c1)O2. The van der Waals surface area contributed by atoms with Crippen LogP contribution in [0.5, 0.6) is 5.75 Å². The van der Waals surface area contributed by atoms with E-state index in [1.54, 1.807) is 12.1 Å². The van der Waals surface area contributed by atoms with Crippen molar-refractivity contribution in [1.29, 1.82) is 0 Å². The van der Waals surface area contributed by atoms with Gasteiger partial charge in [-0.25, -0.2) is 8.42 Å². The molecule has 1 atom stereocenters. The molecular weight excluding hydrogens is 426 g/mol. The summed E-state index contributed by atoms with van der Waals surface area (Å²) in [6.45, 7) is 5.41. The van der Waals surface area contributed by atoms with E-state index in [9.17, 15) is 13.2 Å². The van der Waals surface area contributed by atoms with Crippen LogP contribution in [0.25, 0.3) is 0 Å². The Bertz CT molecular complexity index is 1080. The third kappa shape index (κ3) is 5.42. The number of piperidine rings is 1. The van der Waals surface area contributed by atoms with Crippen molar-refractivity contribution in [3.63, 3.8) is 0 Å². The van der Waals surface area contributed by atoms with Gasteiger partial charge >= 0.3 is 0 Å². The maximum Gasteiger partial charge on any atom is 0.263 e. The van der Waals surface area contributed by atoms with Gasteiger partial charge in [-0.2, -0.15) is 0 Å². The lowest BCUT2D eigenvalue weighted by molar-refractivity contribution is -0.127. The van der Waals surface area contributed by atoms with Crippen LogP contribution < -0.4 is 14.4 Å². The Morgan fingerprint density at radius 2 is 1.84 bits per heavy atom. The average molecular weight is 458 g/mol. The first-order valence-electron chi connectivity index (χ1n) is 11.1. The summed E-state index contributed by atoms with van der Waals surface area (Å²) in [6, 6.07) is 13.6. The number of hydrogen-bond donors (Lipinski definition) is 1. The second-order valence-electron chi connectivity index (χ2n) is 8.75. The highest BCUT2D eigenvalue weighted by atomic mass is 32.2. The number of rotatable bonds is 6. The van der Waals surface area contributed by atoms with Crippen LogP contribution in [0.3, 0.4) is 0 Å². The summed E-state index contributed by atoms with van der Waals surface area (Å²) in [7, 11) is -3.54. The minimum atomic E-state index is -3.54. The standard InChI is InChI=1S/C24H31N3O4S/c1-18-9-10-22-21(13-18)27(32(2,29)30)17-23(31-22)24(28)25-15-19-7-6-8-20(14-19)16-26-11-4-3-5-12-26/h6-10,13-14,23H,3-5,11-12,15-17H2,1-2H3,(H,25,28)/t23-/m1/s1. The number of sulfonamides is 1. The number of ether oxygens (including phenoxy) is 1. The van der Waals surface area contributed by atoms with Crippen molar-refractivity contribution in [1.82, 2.24) is 10.2 Å². The third-order valence-corrected chi connectivity index (χ3v) is 7.14. The quantitative estimate of drug-likeness (QED) is 0.722. The summed E-state index contributed by atoms with van der Waals surface area (Å²) in [5.41, 5.74) is 3.65. The van der Waals surface area contributed by atoms with E-state index < -0.39 is 16.1 Å². The molecule has 8 heteroatoms. The van der Waals surface area contributed by atoms with E-state index in [2.05, 4.69) is 22.3 Å². The first-order valence-corrected chi connectivity index (χ1v) is 13.0. The number of amides is 1. The molecule has 172 valence electrons. The fourth-order valence-electron chi connectivity index (χ4n) is 4.33. The van der Waals surface area contributed by atoms with Gasteiger partial charge in [0.2, 0.25) is 10.0 Å². The van der Waals surface area contributed by atoms with Gasteiger partial charge in [-0.3, -0.25) is 14.0 Å². The number of carbonyl (C=O) groups is 1. The van der Waals surface area contributed by atoms with E-state index >= 15 is 0 Å². The first-order chi connectivity index (χ1) is 15.3. The van der Waals surface area contributed by atoms with Gasteiger partial charge in [-0.15, -0.1) is 0 Å². The maximum atomic E-state index is 12.9. The predicted octanol–water partition coefficient (Wildman–Crippen LogP) is 2.82. The topological polar surface area (TPSA) is 79.0 Å². The number of anilines is 1. The van der Waals surface area contributed by atoms with Crippen LogP contribution in [0, 0.1) is 6.92 Å². The van der Waals surface area contributed by atoms with Crippen LogP contribution in [0.1, 0.15) is 36.0 Å². The molecule has 0 unspecified atom stereocenters. The van der Waals surface area contributed by atoms with Crippen LogP contribution in [-0.4, -0.2) is 51.2 Å². The van der Waals surface area contributed by atoms with E-state index in [-0.39, 0.29) is 12.5 Å². The molecular formula is C24H31N3O4S. The van der Waals surface area contributed by atoms with Gasteiger partial charge in [0, 0.05) is 13.1 Å². The summed E-state index contributed by atoms with van der Waals surface area (Å²) >= 11 is 0. The molecule has 2 aliphatic heterocycles. The highest BCUT2D eigenvalue weighted by Gasteiger charge is 2.35. The molecule has 32 heavy (non-hydrogen) atoms. The molecule has 7 nitrogen and oxygen atoms in total. The Balaban J connectivity index is 1.41. The smallest absolute Gasteiger partial charge is 0.263 e. The first kappa shape index (κ1) is 22.6. The number of aryl methyl sites for hydroxylation is 1. The fraction of sp³-hybridized carbons (Fsp3) is 0.458. The third-order valence-electron chi connectivity index (χ3n) is 5.99. The van der Waals surface area contributed by atoms with Crippen molar-refractivity contribution in [2.75, 3.05) is 30.2 Å². The van der Waals surface area contributed by atoms with Crippen molar-refractivity contribution in [3.8, 4) is 5.75 Å². The monoisotopic (exact) mass is 457 g/mol. The summed E-state index contributed by atoms with van der Waals surface area (Å²) in [5.74, 6) is 0.0715. The Hall–Kier alpha value is -2.58. The van der Waals surface area contributed by atoms with E-state index in [0.29, 0.717) is 18.0 Å². The van der Waals surface area contributed by atoms with Crippen molar-refractivity contribution >= 4 is 21.6 Å². The predicted molar refractivity (Wildman–Crippen MR) is 125 cm³/mol. The number of fused-ring (bicyclic) bond motifs is 1. The molecule has 0 spiro atoms. The van der Waals surface area contributed by atoms with Crippen molar-refractivity contribution in [3.05, 3.63) is 59.2 Å². The maximum absolute atomic E-state index is 12.9. The Morgan fingerprint density at radius 1 is 1.09 bits per heavy atom. The largest absolute Gasteiger partial charge is 0.476 e. The molecule has 0 aliphatic carbocycles. The molecule has 1 N–H and O–H groups in total. The Kier molecular flexibility index (Phi) is 6.71. The summed E-state index contributed by atoms with van der Waals surface area (Å²) in [5, 5.41) is 2.91. The van der Waals surface area contributed by atoms with E-state index in [1.807, 2.05) is 25.1 Å². The van der Waals surface area contributed by atoms with Crippen LogP contribution in [-0.2, 0) is 27.9 Å². The zero-order valence-corrected chi connectivity index (χ0v) is 19.5. The zero-order valence-electron chi connectivity index (χ0n) is 18.7. The van der Waals surface area contributed by atoms with Crippen LogP contribution >= 0.6 is 0 Å². The molecule has 2 aliphatic rings. The van der Waals surface area contributed by atoms with Crippen LogP contribution in [0.2, 0.25) is 0 Å². The number of hydrogen-bond acceptors (Lipinski definition) is 5. The lowest BCUT2D eigenvalue weighted by Gasteiger charge is -2.34. The van der Waals surface area contributed by atoms with Gasteiger partial charge in [0.05, 0.1) is 18.5 Å². The van der Waals surface area contributed by atoms with Gasteiger partial charge in [0.25, 0.3) is 5.91 Å². The molecule has 0 bridgehead atoms. The second-order valence-corrected chi connectivity index (χ2v) is 10.7. The highest BCUT2D eigenvalue weighted by Crippen LogP contribution is 2.35. The molecule has 1 amide bonds. The van der Waals surface area contributed by atoms with E-state index in [0.717, 1.165) is 37.0 Å². The lowest BCUT2D eigenvalue weighted by atomic mass is 10.1. The van der Waals surface area contributed by atoms with Crippen LogP contribution in [0.15, 0.2) is 42.5 Å². The fourth-order valence-corrected chi connectivity index (χ4v) is 5.23. The molecule has 0 aromatic heterocycles. The van der Waals surface area contributed by atoms with Gasteiger partial charge in [0.1, 0.15) is 5.75 Å². The van der Waals surface area contributed by atoms with Gasteiger partial charge < -0.3 is 10.1 Å². The average Bonchev–Trinajstić information content (AvgIpc) is 2.77. The van der Waals surface area contributed by atoms with Crippen LogP contribution in [0.4, 0.5) is 5.69 Å². The molecule has 2 aromatic rings. The molecule has 2 heterocycles. The highest BCUT2D eigenvalue weighted by molar-refractivity contribution is 7.92. The molecule has 0 radical (unpaired) electrons. The van der Waals surface area contributed by atoms with Crippen molar-refractivity contribution in [2.45, 2.75) is 45.4 Å². The second kappa shape index (κ2) is 9.50. The van der Waals surface area contributed by atoms with E-state index in [4.69, 9.17) is 4.74 Å². The summed E-state index contributed by atoms with van der Waals surface area (Å²) < 4.78 is 31.8. The number of nitrogens with one attached hydrogen (secondary N) is 1. The normalized spacial score (nSPS) is 19.2. The van der Waals surface area contributed by atoms with Gasteiger partial charge in [-0.05, 0) is 61.7 Å². The Labute approximate surface area is 190 Å². The van der Waals surface area contributed by atoms with Gasteiger partial charge in [0.15, 0.2) is 6.10 Å². The zero-order chi connectivity index (χ0) is 22.7. The lowest BCUT2D eigenvalue weighted by Crippen LogP contribution is -2.50. The molecule has 4 rings (SSSR count). The summed E-state index contributed by atoms with van der Waals surface area (Å²) in [6.07, 6.45) is 4.06. The minimum absolute atomic E-state index is 0.0455. The molecule has 0 saturated carbocycles. The number of likely N-dealkylation sites (tertiary alicyclic amines) is 1. The molecule has 2 aromatic carbocycles. The molecule has 1 fully saturated rings. The Morgan fingerprint density at radius 3 is 2.59 bits per heavy atom. The number of benzene rings is 2. The van der Waals surface area contributed by atoms with Crippen molar-refractivity contribution < 1.29 is 17.9 Å². The molecule has 1 saturated heterocycles. The van der Waals surface area contributed by atoms with E-state index in [1.165, 1.54) is 29.1 Å². The number of nitrogens with zero attached hydrogens (tertiary/aromatic N) is 2. The number of carbonyl (C=O) groups excluding carboxylic acids is 1. The minimum Gasteiger partial charge on any atom is -0.476 e.